The van der Waals surface area contributed by atoms with Gasteiger partial charge in [-0.1, -0.05) is 61.2 Å². The molecule has 0 atom stereocenters. The van der Waals surface area contributed by atoms with Crippen LogP contribution in [0.15, 0.2) is 40.9 Å². The number of unbranched alkanes of at least 4 members (excludes halogenated alkanes) is 2. The third-order valence-electron chi connectivity index (χ3n) is 3.29. The molecule has 0 aliphatic rings. The summed E-state index contributed by atoms with van der Waals surface area (Å²) < 4.78 is 0. The van der Waals surface area contributed by atoms with E-state index in [9.17, 15) is 0 Å². The Morgan fingerprint density at radius 1 is 1.21 bits per heavy atom. The normalized spacial score (nSPS) is 12.3. The standard InChI is InChI=1S/C18H27N/c1-4-6-7-8-17(13-14-19-5-2)15-18-11-9-16(3)10-12-18/h5,8-12H,4,6-7,13-15H2,1-3H3. The molecule has 0 saturated carbocycles. The second kappa shape index (κ2) is 9.55. The van der Waals surface area contributed by atoms with E-state index in [2.05, 4.69) is 49.2 Å². The average Bonchev–Trinajstić information content (AvgIpc) is 2.41. The van der Waals surface area contributed by atoms with Gasteiger partial charge in [0.2, 0.25) is 0 Å². The Bertz CT molecular complexity index is 398. The van der Waals surface area contributed by atoms with Gasteiger partial charge in [0.1, 0.15) is 0 Å². The Hall–Kier alpha value is -1.37. The molecule has 0 spiro atoms. The van der Waals surface area contributed by atoms with Gasteiger partial charge in [-0.3, -0.25) is 4.99 Å². The second-order valence-electron chi connectivity index (χ2n) is 5.08. The van der Waals surface area contributed by atoms with E-state index in [1.165, 1.54) is 36.0 Å². The smallest absolute Gasteiger partial charge is 0.0422 e. The third kappa shape index (κ3) is 6.95. The van der Waals surface area contributed by atoms with Crippen LogP contribution >= 0.6 is 0 Å². The monoisotopic (exact) mass is 257 g/mol. The van der Waals surface area contributed by atoms with Crippen molar-refractivity contribution in [1.82, 2.24) is 0 Å². The fourth-order valence-corrected chi connectivity index (χ4v) is 2.08. The van der Waals surface area contributed by atoms with Crippen molar-refractivity contribution >= 4 is 6.21 Å². The molecule has 1 heteroatoms. The highest BCUT2D eigenvalue weighted by Crippen LogP contribution is 2.14. The van der Waals surface area contributed by atoms with Crippen molar-refractivity contribution in [1.29, 1.82) is 0 Å². The van der Waals surface area contributed by atoms with Crippen LogP contribution in [-0.4, -0.2) is 12.8 Å². The van der Waals surface area contributed by atoms with Crippen molar-refractivity contribution in [2.75, 3.05) is 6.54 Å². The quantitative estimate of drug-likeness (QED) is 0.347. The summed E-state index contributed by atoms with van der Waals surface area (Å²) in [5.41, 5.74) is 4.27. The number of hydrogen-bond donors (Lipinski definition) is 0. The first-order valence-electron chi connectivity index (χ1n) is 7.44. The predicted octanol–water partition coefficient (Wildman–Crippen LogP) is 5.13. The molecule has 1 aromatic rings. The highest BCUT2D eigenvalue weighted by atomic mass is 14.7. The Morgan fingerprint density at radius 3 is 2.58 bits per heavy atom. The molecule has 0 aromatic heterocycles. The van der Waals surface area contributed by atoms with Crippen LogP contribution < -0.4 is 0 Å². The summed E-state index contributed by atoms with van der Waals surface area (Å²) >= 11 is 0. The molecule has 0 N–H and O–H groups in total. The van der Waals surface area contributed by atoms with Gasteiger partial charge >= 0.3 is 0 Å². The summed E-state index contributed by atoms with van der Waals surface area (Å²) in [5, 5.41) is 0. The molecule has 0 saturated heterocycles. The molecule has 1 aromatic carbocycles. The molecule has 0 fully saturated rings. The number of benzene rings is 1. The molecule has 0 bridgehead atoms. The van der Waals surface area contributed by atoms with Crippen molar-refractivity contribution in [2.45, 2.75) is 52.9 Å². The SMILES string of the molecule is CC=NCCC(=CCCCC)Cc1ccc(C)cc1. The summed E-state index contributed by atoms with van der Waals surface area (Å²) in [7, 11) is 0. The number of rotatable bonds is 8. The van der Waals surface area contributed by atoms with Crippen molar-refractivity contribution in [2.24, 2.45) is 4.99 Å². The lowest BCUT2D eigenvalue weighted by molar-refractivity contribution is 0.798. The largest absolute Gasteiger partial charge is 0.297 e. The average molecular weight is 257 g/mol. The molecule has 19 heavy (non-hydrogen) atoms. The fourth-order valence-electron chi connectivity index (χ4n) is 2.08. The minimum Gasteiger partial charge on any atom is -0.297 e. The molecule has 0 aliphatic carbocycles. The lowest BCUT2D eigenvalue weighted by Gasteiger charge is -2.07. The van der Waals surface area contributed by atoms with Crippen LogP contribution in [-0.2, 0) is 6.42 Å². The zero-order chi connectivity index (χ0) is 13.9. The summed E-state index contributed by atoms with van der Waals surface area (Å²) in [6.07, 6.45) is 10.2. The molecule has 104 valence electrons. The molecule has 0 heterocycles. The van der Waals surface area contributed by atoms with Crippen LogP contribution in [0.25, 0.3) is 0 Å². The maximum atomic E-state index is 4.33. The molecule has 1 nitrogen and oxygen atoms in total. The summed E-state index contributed by atoms with van der Waals surface area (Å²) in [6, 6.07) is 8.88. The second-order valence-corrected chi connectivity index (χ2v) is 5.08. The Kier molecular flexibility index (Phi) is 7.88. The van der Waals surface area contributed by atoms with E-state index >= 15 is 0 Å². The van der Waals surface area contributed by atoms with E-state index in [1.54, 1.807) is 0 Å². The Labute approximate surface area is 118 Å². The summed E-state index contributed by atoms with van der Waals surface area (Å²) in [5.74, 6) is 0. The highest BCUT2D eigenvalue weighted by molar-refractivity contribution is 5.53. The molecular formula is C18H27N. The van der Waals surface area contributed by atoms with E-state index < -0.39 is 0 Å². The molecule has 0 radical (unpaired) electrons. The van der Waals surface area contributed by atoms with Gasteiger partial charge < -0.3 is 0 Å². The Balaban J connectivity index is 2.61. The van der Waals surface area contributed by atoms with E-state index in [0.717, 1.165) is 19.4 Å². The maximum Gasteiger partial charge on any atom is 0.0422 e. The van der Waals surface area contributed by atoms with Gasteiger partial charge in [0.05, 0.1) is 0 Å². The van der Waals surface area contributed by atoms with Gasteiger partial charge in [-0.15, -0.1) is 0 Å². The van der Waals surface area contributed by atoms with Gasteiger partial charge in [0.25, 0.3) is 0 Å². The first kappa shape index (κ1) is 15.7. The van der Waals surface area contributed by atoms with E-state index in [4.69, 9.17) is 0 Å². The van der Waals surface area contributed by atoms with Gasteiger partial charge in [-0.25, -0.2) is 0 Å². The summed E-state index contributed by atoms with van der Waals surface area (Å²) in [4.78, 5) is 4.33. The van der Waals surface area contributed by atoms with Crippen LogP contribution in [0.1, 0.15) is 50.7 Å². The van der Waals surface area contributed by atoms with Gasteiger partial charge in [0, 0.05) is 6.54 Å². The van der Waals surface area contributed by atoms with Crippen molar-refractivity contribution < 1.29 is 0 Å². The van der Waals surface area contributed by atoms with Gasteiger partial charge in [-0.2, -0.15) is 0 Å². The molecule has 0 amide bonds. The van der Waals surface area contributed by atoms with E-state index in [-0.39, 0.29) is 0 Å². The number of allylic oxidation sites excluding steroid dienone is 1. The number of nitrogens with zero attached hydrogens (tertiary/aromatic N) is 1. The third-order valence-corrected chi connectivity index (χ3v) is 3.29. The maximum absolute atomic E-state index is 4.33. The van der Waals surface area contributed by atoms with Gasteiger partial charge in [0.15, 0.2) is 0 Å². The van der Waals surface area contributed by atoms with Crippen LogP contribution in [0, 0.1) is 6.92 Å². The van der Waals surface area contributed by atoms with Crippen molar-refractivity contribution in [3.8, 4) is 0 Å². The molecular weight excluding hydrogens is 230 g/mol. The molecule has 1 rings (SSSR count). The topological polar surface area (TPSA) is 12.4 Å². The number of aryl methyl sites for hydroxylation is 1. The lowest BCUT2D eigenvalue weighted by atomic mass is 10.00. The highest BCUT2D eigenvalue weighted by Gasteiger charge is 2.00. The molecule has 0 unspecified atom stereocenters. The zero-order valence-corrected chi connectivity index (χ0v) is 12.7. The van der Waals surface area contributed by atoms with Crippen LogP contribution in [0.5, 0.6) is 0 Å². The van der Waals surface area contributed by atoms with Crippen LogP contribution in [0.4, 0.5) is 0 Å². The Morgan fingerprint density at radius 2 is 1.95 bits per heavy atom. The van der Waals surface area contributed by atoms with Gasteiger partial charge in [-0.05, 0) is 44.9 Å². The number of aliphatic imine (C=N–C) groups is 1. The lowest BCUT2D eigenvalue weighted by Crippen LogP contribution is -1.94. The first-order chi connectivity index (χ1) is 9.26. The van der Waals surface area contributed by atoms with E-state index in [0.29, 0.717) is 0 Å². The molecule has 0 aliphatic heterocycles. The predicted molar refractivity (Wildman–Crippen MR) is 86.1 cm³/mol. The minimum atomic E-state index is 0.917. The number of hydrogen-bond acceptors (Lipinski definition) is 1. The first-order valence-corrected chi connectivity index (χ1v) is 7.44. The fraction of sp³-hybridized carbons (Fsp3) is 0.500. The van der Waals surface area contributed by atoms with Crippen LogP contribution in [0.3, 0.4) is 0 Å². The minimum absolute atomic E-state index is 0.917. The van der Waals surface area contributed by atoms with E-state index in [1.807, 2.05) is 13.1 Å². The summed E-state index contributed by atoms with van der Waals surface area (Å²) in [6.45, 7) is 7.29. The van der Waals surface area contributed by atoms with Crippen LogP contribution in [0.2, 0.25) is 0 Å². The zero-order valence-electron chi connectivity index (χ0n) is 12.7. The van der Waals surface area contributed by atoms with Crippen molar-refractivity contribution in [3.63, 3.8) is 0 Å². The van der Waals surface area contributed by atoms with Crippen molar-refractivity contribution in [3.05, 3.63) is 47.0 Å².